The van der Waals surface area contributed by atoms with Gasteiger partial charge in [0.2, 0.25) is 0 Å². The van der Waals surface area contributed by atoms with Gasteiger partial charge in [-0.3, -0.25) is 0 Å². The quantitative estimate of drug-likeness (QED) is 0.0122. The van der Waals surface area contributed by atoms with E-state index >= 15 is 0 Å². The number of piperidine rings is 1. The average Bonchev–Trinajstić information content (AvgIpc) is 1.49. The Morgan fingerprint density at radius 2 is 0.915 bits per heavy atom. The third-order valence-electron chi connectivity index (χ3n) is 25.0. The molecule has 0 radical (unpaired) electrons. The number of para-hydroxylation sites is 1. The van der Waals surface area contributed by atoms with Gasteiger partial charge >= 0.3 is 65.7 Å². The molecule has 6 bridgehead atoms. The minimum Gasteiger partial charge on any atom is -0.507 e. The molecular weight excluding hydrogens is 1800 g/mol. The number of carbonyl (C=O) groups is 11. The van der Waals surface area contributed by atoms with E-state index in [9.17, 15) is 67.3 Å². The van der Waals surface area contributed by atoms with E-state index in [1.54, 1.807) is 101 Å². The van der Waals surface area contributed by atoms with Gasteiger partial charge in [-0.05, 0) is 245 Å². The number of fused-ring (bicyclic) bond motifs is 4. The van der Waals surface area contributed by atoms with Crippen molar-refractivity contribution >= 4 is 87.2 Å². The summed E-state index contributed by atoms with van der Waals surface area (Å²) in [6.07, 6.45) is 14.2. The first-order chi connectivity index (χ1) is 66.3. The van der Waals surface area contributed by atoms with E-state index in [1.807, 2.05) is 66.7 Å². The van der Waals surface area contributed by atoms with E-state index in [1.165, 1.54) is 100 Å². The van der Waals surface area contributed by atoms with Crippen LogP contribution in [0.4, 0.5) is 4.39 Å². The van der Waals surface area contributed by atoms with Crippen LogP contribution in [0.15, 0.2) is 287 Å². The predicted molar refractivity (Wildman–Crippen MR) is 538 cm³/mol. The number of aromatic carboxylic acids is 1. The van der Waals surface area contributed by atoms with Crippen molar-refractivity contribution in [3.05, 3.63) is 304 Å². The van der Waals surface area contributed by atoms with Crippen LogP contribution in [-0.2, 0) is 71.6 Å². The maximum atomic E-state index is 14.1. The molecule has 7 fully saturated rings. The summed E-state index contributed by atoms with van der Waals surface area (Å²) >= 11 is 0. The zero-order valence-corrected chi connectivity index (χ0v) is 83.1. The fourth-order valence-electron chi connectivity index (χ4n) is 17.8. The molecule has 6 aliphatic carbocycles. The molecule has 1 aliphatic heterocycles. The van der Waals surface area contributed by atoms with E-state index in [0.29, 0.717) is 101 Å². The van der Waals surface area contributed by atoms with Gasteiger partial charge in [-0.25, -0.2) is 57.1 Å². The van der Waals surface area contributed by atoms with E-state index in [0.717, 1.165) is 54.0 Å². The van der Waals surface area contributed by atoms with Crippen LogP contribution in [-0.4, -0.2) is 142 Å². The Hall–Kier alpha value is -14.4. The standard InChI is InChI=1S/C20H17FO4.C15H22O2.C14H12O3.C14H12O2.C13H23NO2.C13H12O6.C13H20O2.C12H14O4/c1-12(2)19(22)24-16-8-5-14(6-9-16)15-7-10-18(17(21)11-15)25-20(23)13(3)4;1-9(2)14(16)17-15(3)12-5-10-4-11(7-12)8-13(15)6-10;1-9(2)14(16)17-13-8-7-12(15)10-5-3-4-6-11(10)13;1-10(2)14(15)16-13-9-5-7-11-6-3-4-8-12(11)13;1-9(2)11(15)16-10-7-12(3,4)14-13(5,6)8-10;1-2-11(14)18-7-8-19-13(17)10-6-4-3-5-9(10)12(15)16;1-5-11(14)15-10-8-13(4)7-6-9(10)12(13,2)3;1-2-12(14)16-9-10(13)8-15-11-6-4-3-5-7-11/h5-11H,1,3H2,2,4H3;10-13H,1,4-8H2,2-3H3;3-8,15H,1H2,2H3;3-9H,1H2,2H3;10,14H,1,7-8H2,2-6H3;2-6H,1,7-8H2,(H,15,16);5,9-10H,1,6-8H2,2-4H3;2-7,10,13H,1,8-9H2. The Labute approximate surface area is 825 Å². The smallest absolute Gasteiger partial charge is 0.339 e. The van der Waals surface area contributed by atoms with E-state index in [2.05, 4.69) is 129 Å². The number of ether oxygens (including phenoxy) is 11. The van der Waals surface area contributed by atoms with Crippen molar-refractivity contribution in [1.82, 2.24) is 5.32 Å². The molecule has 1 saturated heterocycles. The number of halogens is 1. The molecule has 750 valence electrons. The zero-order chi connectivity index (χ0) is 105. The SMILES string of the molecule is C=C(C)C(=O)OC1(C)C2CC3CC(C2)CC1C3.C=C(C)C(=O)OC1CC(C)(C)NC(C)(C)C1.C=C(C)C(=O)Oc1ccc(-c2ccc(OC(=O)C(=C)C)c(F)c2)cc1.C=C(C)C(=O)Oc1ccc(O)c2ccccc12.C=C(C)C(=O)Oc1cccc2ccccc12.C=CC(=O)OC1CC2(C)CCC1C2(C)C.C=CC(=O)OCC(O)COc1ccccc1.C=CC(=O)OCCOC(=O)c1ccccc1C(=O)O. The van der Waals surface area contributed by atoms with Crippen LogP contribution in [0.2, 0.25) is 0 Å². The highest BCUT2D eigenvalue weighted by atomic mass is 19.1. The number of carbonyl (C=O) groups excluding carboxylic acids is 10. The van der Waals surface area contributed by atoms with Crippen LogP contribution < -0.4 is 29.0 Å². The van der Waals surface area contributed by atoms with Gasteiger partial charge in [-0.1, -0.05) is 189 Å². The van der Waals surface area contributed by atoms with E-state index < -0.39 is 59.7 Å². The zero-order valence-electron chi connectivity index (χ0n) is 83.1. The van der Waals surface area contributed by atoms with Crippen LogP contribution in [0.1, 0.15) is 182 Å². The Morgan fingerprint density at radius 1 is 0.454 bits per heavy atom. The van der Waals surface area contributed by atoms with Gasteiger partial charge in [-0.2, -0.15) is 0 Å². The monoisotopic (exact) mass is 1930 g/mol. The lowest BCUT2D eigenvalue weighted by Gasteiger charge is -2.59. The third-order valence-corrected chi connectivity index (χ3v) is 25.0. The van der Waals surface area contributed by atoms with Gasteiger partial charge in [0.05, 0.1) is 11.1 Å². The highest BCUT2D eigenvalue weighted by molar-refractivity contribution is 6.03. The van der Waals surface area contributed by atoms with Gasteiger partial charge in [0.15, 0.2) is 11.6 Å². The van der Waals surface area contributed by atoms with Crippen molar-refractivity contribution in [3.8, 4) is 45.6 Å². The fraction of sp³-hybridized carbons (Fsp3) is 0.360. The molecule has 26 nitrogen and oxygen atoms in total. The number of aliphatic hydroxyl groups is 1. The number of rotatable bonds is 27. The highest BCUT2D eigenvalue weighted by Gasteiger charge is 2.62. The molecule has 27 heteroatoms. The molecule has 1 heterocycles. The first-order valence-electron chi connectivity index (χ1n) is 46.2. The van der Waals surface area contributed by atoms with Gasteiger partial charge in [-0.15, -0.1) is 0 Å². The molecular formula is C114H132FNO25. The molecule has 8 aromatic rings. The largest absolute Gasteiger partial charge is 0.507 e. The summed E-state index contributed by atoms with van der Waals surface area (Å²) in [6, 6.07) is 49.3. The minimum atomic E-state index is -1.22. The number of carboxylic acids is 1. The number of hydrogen-bond donors (Lipinski definition) is 4. The minimum absolute atomic E-state index is 0.00176. The summed E-state index contributed by atoms with van der Waals surface area (Å²) in [4.78, 5) is 124. The number of aliphatic hydroxyl groups excluding tert-OH is 1. The maximum absolute atomic E-state index is 14.1. The average molecular weight is 1940 g/mol. The molecule has 0 spiro atoms. The molecule has 4 unspecified atom stereocenters. The summed E-state index contributed by atoms with van der Waals surface area (Å²) in [6.45, 7) is 58.3. The molecule has 4 N–H and O–H groups in total. The lowest BCUT2D eigenvalue weighted by Crippen LogP contribution is -2.59. The summed E-state index contributed by atoms with van der Waals surface area (Å²) < 4.78 is 70.6. The van der Waals surface area contributed by atoms with Crippen molar-refractivity contribution in [2.75, 3.05) is 26.4 Å². The highest BCUT2D eigenvalue weighted by Crippen LogP contribution is 2.66. The van der Waals surface area contributed by atoms with Crippen molar-refractivity contribution in [1.29, 1.82) is 0 Å². The Balaban J connectivity index is 0.000000220. The van der Waals surface area contributed by atoms with Crippen molar-refractivity contribution in [2.45, 2.75) is 196 Å². The van der Waals surface area contributed by atoms with Crippen LogP contribution in [0.25, 0.3) is 32.7 Å². The third kappa shape index (κ3) is 33.7. The number of esters is 10. The van der Waals surface area contributed by atoms with Gasteiger partial charge in [0.1, 0.15) is 79.1 Å². The predicted octanol–water partition coefficient (Wildman–Crippen LogP) is 21.9. The second-order valence-corrected chi connectivity index (χ2v) is 38.0. The second-order valence-electron chi connectivity index (χ2n) is 38.0. The second kappa shape index (κ2) is 52.0. The Morgan fingerprint density at radius 3 is 1.43 bits per heavy atom. The first-order valence-corrected chi connectivity index (χ1v) is 46.2. The Bertz CT molecular complexity index is 5890. The molecule has 4 atom stereocenters. The van der Waals surface area contributed by atoms with Crippen LogP contribution in [0.3, 0.4) is 0 Å². The molecule has 7 aliphatic rings. The lowest BCUT2D eigenvalue weighted by atomic mass is 9.50. The number of hydrogen-bond acceptors (Lipinski definition) is 25. The van der Waals surface area contributed by atoms with E-state index in [-0.39, 0.29) is 101 Å². The van der Waals surface area contributed by atoms with E-state index in [4.69, 9.17) is 47.7 Å². The van der Waals surface area contributed by atoms with Crippen LogP contribution in [0.5, 0.6) is 34.5 Å². The fourth-order valence-corrected chi connectivity index (χ4v) is 17.8. The topological polar surface area (TPSA) is 362 Å². The number of aromatic hydroxyl groups is 1. The first kappa shape index (κ1) is 114. The van der Waals surface area contributed by atoms with Crippen molar-refractivity contribution in [3.63, 3.8) is 0 Å². The van der Waals surface area contributed by atoms with Crippen molar-refractivity contribution in [2.24, 2.45) is 40.4 Å². The number of carboxylic acid groups (broad SMARTS) is 1. The van der Waals surface area contributed by atoms with Crippen LogP contribution >= 0.6 is 0 Å². The molecule has 141 heavy (non-hydrogen) atoms. The van der Waals surface area contributed by atoms with Gasteiger partial charge in [0, 0.05) is 97.7 Å². The Kier molecular flexibility index (Phi) is 41.9. The summed E-state index contributed by atoms with van der Waals surface area (Å²) in [5.41, 5.74) is 3.77. The summed E-state index contributed by atoms with van der Waals surface area (Å²) in [5, 5.41) is 34.9. The molecule has 0 aromatic heterocycles. The molecule has 6 saturated carbocycles. The number of phenols is 1. The van der Waals surface area contributed by atoms with Crippen LogP contribution in [0, 0.1) is 46.2 Å². The maximum Gasteiger partial charge on any atom is 0.339 e. The number of nitrogens with one attached hydrogen (secondary N) is 1. The lowest BCUT2D eigenvalue weighted by molar-refractivity contribution is -0.199. The summed E-state index contributed by atoms with van der Waals surface area (Å²) in [5.74, 6) is -1.07. The number of benzene rings is 8. The molecule has 0 amide bonds. The number of phenolic OH excluding ortho intramolecular Hbond substituents is 1. The van der Waals surface area contributed by atoms with Crippen molar-refractivity contribution < 1.29 is 125 Å². The normalized spacial score (nSPS) is 19.5. The summed E-state index contributed by atoms with van der Waals surface area (Å²) in [7, 11) is 0. The van der Waals surface area contributed by atoms with Gasteiger partial charge < -0.3 is 72.7 Å². The molecule has 8 aromatic carbocycles. The van der Waals surface area contributed by atoms with Gasteiger partial charge in [0.25, 0.3) is 0 Å². The molecule has 15 rings (SSSR count).